The van der Waals surface area contributed by atoms with Crippen LogP contribution in [0.2, 0.25) is 0 Å². The molecule has 58 valence electrons. The third-order valence-corrected chi connectivity index (χ3v) is 3.16. The van der Waals surface area contributed by atoms with Gasteiger partial charge in [0.15, 0.2) is 0 Å². The molecule has 0 atom stereocenters. The first-order valence-electron chi connectivity index (χ1n) is 3.45. The van der Waals surface area contributed by atoms with Crippen LogP contribution in [-0.2, 0) is 0 Å². The highest BCUT2D eigenvalue weighted by Crippen LogP contribution is 2.63. The Labute approximate surface area is 60.6 Å². The van der Waals surface area contributed by atoms with Gasteiger partial charge in [0.2, 0.25) is 6.04 Å². The lowest BCUT2D eigenvalue weighted by Gasteiger charge is -1.99. The van der Waals surface area contributed by atoms with Gasteiger partial charge in [0.05, 0.1) is 0 Å². The van der Waals surface area contributed by atoms with Crippen molar-refractivity contribution in [3.05, 3.63) is 10.1 Å². The maximum atomic E-state index is 10.4. The van der Waals surface area contributed by atoms with E-state index in [0.717, 1.165) is 0 Å². The van der Waals surface area contributed by atoms with Gasteiger partial charge in [-0.05, 0) is 0 Å². The van der Waals surface area contributed by atoms with Crippen molar-refractivity contribution < 1.29 is 4.92 Å². The summed E-state index contributed by atoms with van der Waals surface area (Å²) in [5.74, 6) is 0. The van der Waals surface area contributed by atoms with Crippen LogP contribution >= 0.6 is 0 Å². The smallest absolute Gasteiger partial charge is 0.224 e. The van der Waals surface area contributed by atoms with Crippen LogP contribution < -0.4 is 0 Å². The van der Waals surface area contributed by atoms with Crippen LogP contribution in [0.4, 0.5) is 0 Å². The van der Waals surface area contributed by atoms with Crippen molar-refractivity contribution in [1.82, 2.24) is 0 Å². The number of hydrogen-bond acceptors (Lipinski definition) is 2. The van der Waals surface area contributed by atoms with Crippen LogP contribution in [-0.4, -0.2) is 11.0 Å². The second kappa shape index (κ2) is 1.52. The van der Waals surface area contributed by atoms with E-state index in [2.05, 4.69) is 0 Å². The zero-order valence-corrected chi connectivity index (χ0v) is 6.84. The van der Waals surface area contributed by atoms with Gasteiger partial charge < -0.3 is 0 Å². The van der Waals surface area contributed by atoms with Crippen molar-refractivity contribution in [2.45, 2.75) is 33.7 Å². The van der Waals surface area contributed by atoms with Gasteiger partial charge in [0, 0.05) is 15.8 Å². The first-order valence-corrected chi connectivity index (χ1v) is 3.45. The lowest BCUT2D eigenvalue weighted by molar-refractivity contribution is -0.507. The van der Waals surface area contributed by atoms with Gasteiger partial charge in [-0.25, -0.2) is 0 Å². The zero-order valence-electron chi connectivity index (χ0n) is 6.84. The molecule has 0 amide bonds. The molecular formula is C7H13NO2. The average molecular weight is 143 g/mol. The molecule has 0 aromatic carbocycles. The molecule has 0 aliphatic heterocycles. The van der Waals surface area contributed by atoms with Gasteiger partial charge in [-0.2, -0.15) is 0 Å². The summed E-state index contributed by atoms with van der Waals surface area (Å²) in [6, 6.07) is -0.347. The van der Waals surface area contributed by atoms with Gasteiger partial charge in [0.1, 0.15) is 0 Å². The van der Waals surface area contributed by atoms with E-state index >= 15 is 0 Å². The summed E-state index contributed by atoms with van der Waals surface area (Å²) in [4.78, 5) is 10.2. The fraction of sp³-hybridized carbons (Fsp3) is 1.00. The van der Waals surface area contributed by atoms with E-state index in [-0.39, 0.29) is 21.8 Å². The number of nitro groups is 1. The number of nitrogens with zero attached hydrogens (tertiary/aromatic N) is 1. The van der Waals surface area contributed by atoms with Gasteiger partial charge in [-0.3, -0.25) is 10.1 Å². The van der Waals surface area contributed by atoms with Crippen LogP contribution in [0.3, 0.4) is 0 Å². The normalized spacial score (nSPS) is 28.0. The maximum absolute atomic E-state index is 10.4. The molecule has 0 heterocycles. The monoisotopic (exact) mass is 143 g/mol. The fourth-order valence-electron chi connectivity index (χ4n) is 1.69. The second-order valence-electron chi connectivity index (χ2n) is 4.13. The molecule has 1 fully saturated rings. The zero-order chi connectivity index (χ0) is 8.15. The number of hydrogen-bond donors (Lipinski definition) is 0. The van der Waals surface area contributed by atoms with E-state index in [0.29, 0.717) is 0 Å². The summed E-state index contributed by atoms with van der Waals surface area (Å²) < 4.78 is 0. The molecule has 3 nitrogen and oxygen atoms in total. The highest BCUT2D eigenvalue weighted by molar-refractivity contribution is 5.13. The highest BCUT2D eigenvalue weighted by Gasteiger charge is 2.74. The third kappa shape index (κ3) is 0.604. The van der Waals surface area contributed by atoms with E-state index in [9.17, 15) is 10.1 Å². The molecule has 0 unspecified atom stereocenters. The molecule has 0 radical (unpaired) electrons. The van der Waals surface area contributed by atoms with Crippen molar-refractivity contribution in [1.29, 1.82) is 0 Å². The number of rotatable bonds is 1. The SMILES string of the molecule is CC1(C)C([N+](=O)[O-])C1(C)C. The lowest BCUT2D eigenvalue weighted by Crippen LogP contribution is -2.08. The summed E-state index contributed by atoms with van der Waals surface area (Å²) in [5, 5.41) is 10.4. The molecule has 0 aromatic rings. The fourth-order valence-corrected chi connectivity index (χ4v) is 1.69. The van der Waals surface area contributed by atoms with E-state index in [1.54, 1.807) is 0 Å². The van der Waals surface area contributed by atoms with Crippen molar-refractivity contribution in [2.75, 3.05) is 0 Å². The van der Waals surface area contributed by atoms with Crippen molar-refractivity contribution in [3.8, 4) is 0 Å². The van der Waals surface area contributed by atoms with E-state index in [1.165, 1.54) is 0 Å². The molecule has 1 aliphatic carbocycles. The Morgan fingerprint density at radius 2 is 1.50 bits per heavy atom. The molecule has 0 aromatic heterocycles. The summed E-state index contributed by atoms with van der Waals surface area (Å²) >= 11 is 0. The molecule has 1 saturated carbocycles. The van der Waals surface area contributed by atoms with Gasteiger partial charge in [-0.15, -0.1) is 0 Å². The van der Waals surface area contributed by atoms with Gasteiger partial charge in [0.25, 0.3) is 0 Å². The largest absolute Gasteiger partial charge is 0.264 e. The minimum Gasteiger partial charge on any atom is -0.264 e. The Bertz CT molecular complexity index is 170. The topological polar surface area (TPSA) is 43.1 Å². The first-order chi connectivity index (χ1) is 4.32. The van der Waals surface area contributed by atoms with Crippen LogP contribution in [0, 0.1) is 20.9 Å². The summed E-state index contributed by atoms with van der Waals surface area (Å²) in [6.07, 6.45) is 0. The Kier molecular flexibility index (Phi) is 1.14. The predicted molar refractivity (Wildman–Crippen MR) is 38.3 cm³/mol. The molecule has 0 saturated heterocycles. The Hall–Kier alpha value is -0.600. The quantitative estimate of drug-likeness (QED) is 0.414. The second-order valence-corrected chi connectivity index (χ2v) is 4.13. The summed E-state index contributed by atoms with van der Waals surface area (Å²) in [6.45, 7) is 7.78. The summed E-state index contributed by atoms with van der Waals surface area (Å²) in [5.41, 5.74) is -0.229. The van der Waals surface area contributed by atoms with Gasteiger partial charge in [-0.1, -0.05) is 27.7 Å². The van der Waals surface area contributed by atoms with Crippen molar-refractivity contribution in [2.24, 2.45) is 10.8 Å². The minimum absolute atomic E-state index is 0.115. The van der Waals surface area contributed by atoms with E-state index in [1.807, 2.05) is 27.7 Å². The molecule has 0 spiro atoms. The third-order valence-electron chi connectivity index (χ3n) is 3.16. The van der Waals surface area contributed by atoms with Crippen molar-refractivity contribution in [3.63, 3.8) is 0 Å². The Morgan fingerprint density at radius 3 is 1.50 bits per heavy atom. The van der Waals surface area contributed by atoms with Gasteiger partial charge >= 0.3 is 0 Å². The molecular weight excluding hydrogens is 130 g/mol. The minimum atomic E-state index is -0.347. The van der Waals surface area contributed by atoms with Crippen molar-refractivity contribution >= 4 is 0 Å². The average Bonchev–Trinajstić information content (AvgIpc) is 1.97. The van der Waals surface area contributed by atoms with Crippen LogP contribution in [0.25, 0.3) is 0 Å². The maximum Gasteiger partial charge on any atom is 0.224 e. The van der Waals surface area contributed by atoms with Crippen LogP contribution in [0.5, 0.6) is 0 Å². The Balaban J connectivity index is 2.81. The molecule has 0 bridgehead atoms. The van der Waals surface area contributed by atoms with Crippen LogP contribution in [0.15, 0.2) is 0 Å². The molecule has 3 heteroatoms. The first kappa shape index (κ1) is 7.51. The molecule has 0 N–H and O–H groups in total. The van der Waals surface area contributed by atoms with Crippen LogP contribution in [0.1, 0.15) is 27.7 Å². The Morgan fingerprint density at radius 1 is 1.20 bits per heavy atom. The summed E-state index contributed by atoms with van der Waals surface area (Å²) in [7, 11) is 0. The standard InChI is InChI=1S/C7H13NO2/c1-6(2)5(8(9)10)7(6,3)4/h5H,1-4H3. The predicted octanol–water partition coefficient (Wildman–Crippen LogP) is 1.70. The highest BCUT2D eigenvalue weighted by atomic mass is 16.6. The lowest BCUT2D eigenvalue weighted by atomic mass is 10.0. The van der Waals surface area contributed by atoms with E-state index in [4.69, 9.17) is 0 Å². The molecule has 1 aliphatic rings. The molecule has 10 heavy (non-hydrogen) atoms. The molecule has 1 rings (SSSR count). The van der Waals surface area contributed by atoms with E-state index < -0.39 is 0 Å².